The molecule has 2 rings (SSSR count). The van der Waals surface area contributed by atoms with Gasteiger partial charge in [-0.3, -0.25) is 9.52 Å². The minimum atomic E-state index is -3.92. The van der Waals surface area contributed by atoms with E-state index in [1.165, 1.54) is 39.3 Å². The van der Waals surface area contributed by atoms with Crippen molar-refractivity contribution in [3.8, 4) is 11.5 Å². The number of hydrogen-bond donors (Lipinski definition) is 1. The smallest absolute Gasteiger partial charge is 0.265 e. The zero-order valence-electron chi connectivity index (χ0n) is 13.9. The summed E-state index contributed by atoms with van der Waals surface area (Å²) in [5.41, 5.74) is 1.47. The number of Topliss-reactive ketones (excluding diaryl/α,β-unsaturated/α-hetero) is 1. The number of methoxy groups -OCH3 is 2. The van der Waals surface area contributed by atoms with Gasteiger partial charge in [-0.15, -0.1) is 0 Å². The number of rotatable bonds is 6. The van der Waals surface area contributed by atoms with Crippen LogP contribution in [0.25, 0.3) is 0 Å². The molecular weight excluding hydrogens is 330 g/mol. The summed E-state index contributed by atoms with van der Waals surface area (Å²) < 4.78 is 38.2. The fourth-order valence-corrected chi connectivity index (χ4v) is 3.45. The summed E-state index contributed by atoms with van der Waals surface area (Å²) in [4.78, 5) is 11.5. The fourth-order valence-electron chi connectivity index (χ4n) is 2.14. The number of aryl methyl sites for hydroxylation is 1. The number of nitrogens with one attached hydrogen (secondary N) is 1. The van der Waals surface area contributed by atoms with Gasteiger partial charge in [0.1, 0.15) is 16.4 Å². The van der Waals surface area contributed by atoms with Crippen LogP contribution in [0.5, 0.6) is 11.5 Å². The summed E-state index contributed by atoms with van der Waals surface area (Å²) in [5.74, 6) is 0.448. The maximum Gasteiger partial charge on any atom is 0.265 e. The molecule has 0 bridgehead atoms. The molecule has 0 fully saturated rings. The molecule has 6 nitrogen and oxygen atoms in total. The second-order valence-corrected chi connectivity index (χ2v) is 6.86. The van der Waals surface area contributed by atoms with Crippen molar-refractivity contribution in [3.05, 3.63) is 47.5 Å². The fraction of sp³-hybridized carbons (Fsp3) is 0.235. The van der Waals surface area contributed by atoms with E-state index in [1.807, 2.05) is 0 Å². The first kappa shape index (κ1) is 17.8. The summed E-state index contributed by atoms with van der Waals surface area (Å²) in [7, 11) is -1.08. The Bertz CT molecular complexity index is 875. The molecule has 0 saturated carbocycles. The van der Waals surface area contributed by atoms with Crippen molar-refractivity contribution in [2.75, 3.05) is 18.9 Å². The van der Waals surface area contributed by atoms with E-state index in [9.17, 15) is 13.2 Å². The van der Waals surface area contributed by atoms with Crippen molar-refractivity contribution < 1.29 is 22.7 Å². The van der Waals surface area contributed by atoms with Gasteiger partial charge in [0.25, 0.3) is 10.0 Å². The third kappa shape index (κ3) is 3.68. The van der Waals surface area contributed by atoms with Crippen LogP contribution >= 0.6 is 0 Å². The molecule has 0 radical (unpaired) electrons. The van der Waals surface area contributed by atoms with Crippen molar-refractivity contribution in [1.29, 1.82) is 0 Å². The second-order valence-electron chi connectivity index (χ2n) is 5.21. The molecule has 0 unspecified atom stereocenters. The highest BCUT2D eigenvalue weighted by molar-refractivity contribution is 7.92. The van der Waals surface area contributed by atoms with Crippen LogP contribution < -0.4 is 14.2 Å². The van der Waals surface area contributed by atoms with E-state index >= 15 is 0 Å². The average molecular weight is 349 g/mol. The Morgan fingerprint density at radius 3 is 2.33 bits per heavy atom. The van der Waals surface area contributed by atoms with Crippen LogP contribution in [0, 0.1) is 6.92 Å². The molecule has 0 aliphatic heterocycles. The third-order valence-corrected chi connectivity index (χ3v) is 4.94. The summed E-state index contributed by atoms with van der Waals surface area (Å²) in [6.45, 7) is 3.18. The highest BCUT2D eigenvalue weighted by atomic mass is 32.2. The molecule has 7 heteroatoms. The minimum Gasteiger partial charge on any atom is -0.497 e. The second kappa shape index (κ2) is 6.92. The molecule has 0 atom stereocenters. The Labute approximate surface area is 141 Å². The van der Waals surface area contributed by atoms with Crippen LogP contribution in [-0.4, -0.2) is 28.4 Å². The highest BCUT2D eigenvalue weighted by Gasteiger charge is 2.21. The standard InChI is InChI=1S/C17H19NO5S/c1-11-5-6-13(12(2)19)9-15(11)18-24(20,21)17-10-14(22-3)7-8-16(17)23-4/h5-10,18H,1-4H3. The molecule has 0 heterocycles. The Kier molecular flexibility index (Phi) is 5.14. The quantitative estimate of drug-likeness (QED) is 0.811. The van der Waals surface area contributed by atoms with Crippen LogP contribution in [0.4, 0.5) is 5.69 Å². The van der Waals surface area contributed by atoms with Gasteiger partial charge in [-0.05, 0) is 37.6 Å². The molecular formula is C17H19NO5S. The van der Waals surface area contributed by atoms with Crippen LogP contribution in [0.1, 0.15) is 22.8 Å². The molecule has 128 valence electrons. The molecule has 2 aromatic rings. The predicted molar refractivity (Wildman–Crippen MR) is 91.5 cm³/mol. The van der Waals surface area contributed by atoms with E-state index in [0.29, 0.717) is 22.6 Å². The first-order valence-electron chi connectivity index (χ1n) is 7.15. The topological polar surface area (TPSA) is 81.7 Å². The molecule has 0 spiro atoms. The first-order valence-corrected chi connectivity index (χ1v) is 8.63. The Hall–Kier alpha value is -2.54. The number of hydrogen-bond acceptors (Lipinski definition) is 5. The third-order valence-electron chi connectivity index (χ3n) is 3.55. The lowest BCUT2D eigenvalue weighted by atomic mass is 10.1. The largest absolute Gasteiger partial charge is 0.497 e. The molecule has 24 heavy (non-hydrogen) atoms. The minimum absolute atomic E-state index is 0.0445. The average Bonchev–Trinajstić information content (AvgIpc) is 2.55. The summed E-state index contributed by atoms with van der Waals surface area (Å²) >= 11 is 0. The van der Waals surface area contributed by atoms with Gasteiger partial charge < -0.3 is 9.47 Å². The Morgan fingerprint density at radius 2 is 1.75 bits per heavy atom. The molecule has 1 N–H and O–H groups in total. The number of benzene rings is 2. The molecule has 0 amide bonds. The van der Waals surface area contributed by atoms with Gasteiger partial charge in [0.15, 0.2) is 5.78 Å². The molecule has 0 saturated heterocycles. The van der Waals surface area contributed by atoms with Gasteiger partial charge in [0.05, 0.1) is 19.9 Å². The molecule has 0 aliphatic rings. The number of carbonyl (C=O) groups is 1. The number of carbonyl (C=O) groups excluding carboxylic acids is 1. The number of anilines is 1. The van der Waals surface area contributed by atoms with Gasteiger partial charge in [-0.2, -0.15) is 0 Å². The lowest BCUT2D eigenvalue weighted by Gasteiger charge is -2.14. The van der Waals surface area contributed by atoms with Crippen LogP contribution in [0.15, 0.2) is 41.3 Å². The lowest BCUT2D eigenvalue weighted by molar-refractivity contribution is 0.101. The molecule has 0 aromatic heterocycles. The monoisotopic (exact) mass is 349 g/mol. The van der Waals surface area contributed by atoms with Gasteiger partial charge >= 0.3 is 0 Å². The normalized spacial score (nSPS) is 11.0. The maximum absolute atomic E-state index is 12.8. The van der Waals surface area contributed by atoms with Gasteiger partial charge in [0, 0.05) is 11.6 Å². The number of ether oxygens (including phenoxy) is 2. The Morgan fingerprint density at radius 1 is 1.04 bits per heavy atom. The van der Waals surface area contributed by atoms with Crippen molar-refractivity contribution in [2.24, 2.45) is 0 Å². The van der Waals surface area contributed by atoms with Crippen molar-refractivity contribution >= 4 is 21.5 Å². The lowest BCUT2D eigenvalue weighted by Crippen LogP contribution is -2.15. The van der Waals surface area contributed by atoms with Crippen molar-refractivity contribution in [1.82, 2.24) is 0 Å². The molecule has 0 aliphatic carbocycles. The van der Waals surface area contributed by atoms with E-state index in [0.717, 1.165) is 0 Å². The van der Waals surface area contributed by atoms with Gasteiger partial charge in [-0.1, -0.05) is 12.1 Å². The van der Waals surface area contributed by atoms with Crippen molar-refractivity contribution in [2.45, 2.75) is 18.7 Å². The highest BCUT2D eigenvalue weighted by Crippen LogP contribution is 2.30. The predicted octanol–water partition coefficient (Wildman–Crippen LogP) is 3.02. The number of ketones is 1. The summed E-state index contributed by atoms with van der Waals surface area (Å²) in [6, 6.07) is 9.37. The number of sulfonamides is 1. The van der Waals surface area contributed by atoms with E-state index in [4.69, 9.17) is 9.47 Å². The van der Waals surface area contributed by atoms with E-state index in [-0.39, 0.29) is 16.4 Å². The van der Waals surface area contributed by atoms with Crippen LogP contribution in [0.2, 0.25) is 0 Å². The zero-order chi connectivity index (χ0) is 17.9. The molecule has 2 aromatic carbocycles. The van der Waals surface area contributed by atoms with Crippen molar-refractivity contribution in [3.63, 3.8) is 0 Å². The van der Waals surface area contributed by atoms with E-state index in [1.54, 1.807) is 25.1 Å². The van der Waals surface area contributed by atoms with Crippen LogP contribution in [0.3, 0.4) is 0 Å². The SMILES string of the molecule is COc1ccc(OC)c(S(=O)(=O)Nc2cc(C(C)=O)ccc2C)c1. The van der Waals surface area contributed by atoms with E-state index < -0.39 is 10.0 Å². The van der Waals surface area contributed by atoms with Gasteiger partial charge in [-0.25, -0.2) is 8.42 Å². The summed E-state index contributed by atoms with van der Waals surface area (Å²) in [6.07, 6.45) is 0. The first-order chi connectivity index (χ1) is 11.3. The van der Waals surface area contributed by atoms with Gasteiger partial charge in [0.2, 0.25) is 0 Å². The Balaban J connectivity index is 2.49. The zero-order valence-corrected chi connectivity index (χ0v) is 14.7. The summed E-state index contributed by atoms with van der Waals surface area (Å²) in [5, 5.41) is 0. The maximum atomic E-state index is 12.8. The van der Waals surface area contributed by atoms with E-state index in [2.05, 4.69) is 4.72 Å². The van der Waals surface area contributed by atoms with Crippen LogP contribution in [-0.2, 0) is 10.0 Å².